The molecule has 1 N–H and O–H groups in total. The highest BCUT2D eigenvalue weighted by atomic mass is 35.5. The van der Waals surface area contributed by atoms with E-state index in [4.69, 9.17) is 21.4 Å². The van der Waals surface area contributed by atoms with E-state index in [0.717, 1.165) is 36.6 Å². The maximum absolute atomic E-state index is 11.0. The van der Waals surface area contributed by atoms with Gasteiger partial charge in [-0.05, 0) is 78.6 Å². The molecule has 1 aliphatic carbocycles. The minimum absolute atomic E-state index is 0. The number of hydrogen-bond acceptors (Lipinski definition) is 3. The molecule has 172 valence electrons. The molecule has 2 aromatic carbocycles. The highest BCUT2D eigenvalue weighted by molar-refractivity contribution is 6.30. The summed E-state index contributed by atoms with van der Waals surface area (Å²) >= 11 is 5.97. The van der Waals surface area contributed by atoms with Gasteiger partial charge in [0.05, 0.1) is 12.5 Å². The second-order valence-corrected chi connectivity index (χ2v) is 9.46. The zero-order valence-electron chi connectivity index (χ0n) is 18.6. The molecule has 0 bridgehead atoms. The van der Waals surface area contributed by atoms with E-state index in [0.29, 0.717) is 25.6 Å². The molecule has 32 heavy (non-hydrogen) atoms. The minimum Gasteiger partial charge on any atom is -0.493 e. The third-order valence-corrected chi connectivity index (χ3v) is 6.71. The summed E-state index contributed by atoms with van der Waals surface area (Å²) in [7, 11) is 0. The van der Waals surface area contributed by atoms with E-state index in [1.165, 1.54) is 27.8 Å². The lowest BCUT2D eigenvalue weighted by Gasteiger charge is -2.38. The van der Waals surface area contributed by atoms with Crippen molar-refractivity contribution >= 4 is 35.6 Å². The van der Waals surface area contributed by atoms with Gasteiger partial charge >= 0.3 is 5.97 Å². The number of carboxylic acid groups (broad SMARTS) is 1. The predicted octanol–water partition coefficient (Wildman–Crippen LogP) is 5.76. The SMILES string of the molecule is CC1=C(CN2CC(C(=O)O)C2)CCc2cc(OC[C@@H](C)Cc3ccc(Cl)cc3)ccc21.Cl. The number of hydrogen-bond donors (Lipinski definition) is 1. The van der Waals surface area contributed by atoms with E-state index < -0.39 is 5.97 Å². The molecule has 1 saturated heterocycles. The molecular weight excluding hydrogens is 445 g/mol. The van der Waals surface area contributed by atoms with Gasteiger partial charge in [-0.15, -0.1) is 12.4 Å². The maximum Gasteiger partial charge on any atom is 0.309 e. The first kappa shape index (κ1) is 24.6. The van der Waals surface area contributed by atoms with E-state index in [-0.39, 0.29) is 18.3 Å². The first-order chi connectivity index (χ1) is 14.9. The van der Waals surface area contributed by atoms with E-state index in [2.05, 4.69) is 49.1 Å². The summed E-state index contributed by atoms with van der Waals surface area (Å²) in [6.45, 7) is 7.30. The molecule has 0 amide bonds. The van der Waals surface area contributed by atoms with Crippen LogP contribution in [0.3, 0.4) is 0 Å². The lowest BCUT2D eigenvalue weighted by atomic mass is 9.85. The van der Waals surface area contributed by atoms with Crippen molar-refractivity contribution in [3.63, 3.8) is 0 Å². The number of ether oxygens (including phenoxy) is 1. The van der Waals surface area contributed by atoms with Gasteiger partial charge in [0.1, 0.15) is 5.75 Å². The van der Waals surface area contributed by atoms with Gasteiger partial charge in [0.25, 0.3) is 0 Å². The number of carbonyl (C=O) groups is 1. The molecule has 1 aliphatic heterocycles. The van der Waals surface area contributed by atoms with Gasteiger partial charge in [0.15, 0.2) is 0 Å². The number of benzene rings is 2. The normalized spacial score (nSPS) is 17.2. The monoisotopic (exact) mass is 475 g/mol. The molecule has 6 heteroatoms. The number of halogens is 2. The Balaban J connectivity index is 0.00000289. The van der Waals surface area contributed by atoms with Crippen LogP contribution in [0.2, 0.25) is 5.02 Å². The Morgan fingerprint density at radius 3 is 2.59 bits per heavy atom. The van der Waals surface area contributed by atoms with Crippen molar-refractivity contribution in [1.82, 2.24) is 4.90 Å². The van der Waals surface area contributed by atoms with Crippen molar-refractivity contribution in [1.29, 1.82) is 0 Å². The summed E-state index contributed by atoms with van der Waals surface area (Å²) in [5.41, 5.74) is 6.69. The number of carboxylic acids is 1. The first-order valence-corrected chi connectivity index (χ1v) is 11.4. The third kappa shape index (κ3) is 5.86. The Labute approximate surface area is 201 Å². The Morgan fingerprint density at radius 2 is 1.91 bits per heavy atom. The quantitative estimate of drug-likeness (QED) is 0.527. The van der Waals surface area contributed by atoms with Crippen LogP contribution in [0, 0.1) is 11.8 Å². The standard InChI is InChI=1S/C26H30ClNO3.ClH/c1-17(11-19-3-7-23(27)8-4-19)16-31-24-9-10-25-18(2)21(6-5-20(25)12-24)13-28-14-22(15-28)26(29)30;/h3-4,7-10,12,17,22H,5-6,11,13-16H2,1-2H3,(H,29,30);1H/t17-;/m0./s1. The van der Waals surface area contributed by atoms with Gasteiger partial charge in [0, 0.05) is 24.7 Å². The Bertz CT molecular complexity index is 981. The molecule has 0 unspecified atom stereocenters. The molecule has 4 nitrogen and oxygen atoms in total. The number of likely N-dealkylation sites (tertiary alicyclic amines) is 1. The van der Waals surface area contributed by atoms with Crippen molar-refractivity contribution in [2.24, 2.45) is 11.8 Å². The number of allylic oxidation sites excluding steroid dienone is 1. The average Bonchev–Trinajstić information content (AvgIpc) is 2.71. The highest BCUT2D eigenvalue weighted by Crippen LogP contribution is 2.34. The zero-order chi connectivity index (χ0) is 22.0. The van der Waals surface area contributed by atoms with Crippen LogP contribution in [0.15, 0.2) is 48.0 Å². The van der Waals surface area contributed by atoms with Crippen LogP contribution in [-0.2, 0) is 17.6 Å². The second-order valence-electron chi connectivity index (χ2n) is 9.02. The van der Waals surface area contributed by atoms with Crippen molar-refractivity contribution in [3.8, 4) is 5.75 Å². The fourth-order valence-electron chi connectivity index (χ4n) is 4.54. The molecule has 1 atom stereocenters. The van der Waals surface area contributed by atoms with E-state index >= 15 is 0 Å². The lowest BCUT2D eigenvalue weighted by molar-refractivity contribution is -0.147. The van der Waals surface area contributed by atoms with Gasteiger partial charge in [-0.25, -0.2) is 0 Å². The summed E-state index contributed by atoms with van der Waals surface area (Å²) in [6, 6.07) is 14.5. The van der Waals surface area contributed by atoms with Crippen LogP contribution in [0.5, 0.6) is 5.75 Å². The van der Waals surface area contributed by atoms with Gasteiger partial charge in [0.2, 0.25) is 0 Å². The molecule has 4 rings (SSSR count). The first-order valence-electron chi connectivity index (χ1n) is 11.0. The largest absolute Gasteiger partial charge is 0.493 e. The smallest absolute Gasteiger partial charge is 0.309 e. The average molecular weight is 476 g/mol. The number of aryl methyl sites for hydroxylation is 1. The van der Waals surface area contributed by atoms with Crippen LogP contribution < -0.4 is 4.74 Å². The van der Waals surface area contributed by atoms with Crippen LogP contribution in [0.4, 0.5) is 0 Å². The van der Waals surface area contributed by atoms with Crippen molar-refractivity contribution in [2.45, 2.75) is 33.1 Å². The molecule has 2 aromatic rings. The van der Waals surface area contributed by atoms with E-state index in [9.17, 15) is 4.79 Å². The van der Waals surface area contributed by atoms with E-state index in [1.807, 2.05) is 12.1 Å². The fraction of sp³-hybridized carbons (Fsp3) is 0.423. The molecule has 2 aliphatic rings. The molecule has 0 radical (unpaired) electrons. The molecule has 0 spiro atoms. The molecule has 1 fully saturated rings. The van der Waals surface area contributed by atoms with Gasteiger partial charge in [-0.2, -0.15) is 0 Å². The van der Waals surface area contributed by atoms with Gasteiger partial charge < -0.3 is 9.84 Å². The minimum atomic E-state index is -0.675. The summed E-state index contributed by atoms with van der Waals surface area (Å²) in [4.78, 5) is 13.3. The van der Waals surface area contributed by atoms with Crippen LogP contribution in [-0.4, -0.2) is 42.2 Å². The van der Waals surface area contributed by atoms with Crippen molar-refractivity contribution < 1.29 is 14.6 Å². The molecule has 1 heterocycles. The van der Waals surface area contributed by atoms with Gasteiger partial charge in [-0.3, -0.25) is 9.69 Å². The second kappa shape index (κ2) is 10.7. The van der Waals surface area contributed by atoms with Crippen molar-refractivity contribution in [3.05, 3.63) is 69.8 Å². The van der Waals surface area contributed by atoms with Crippen LogP contribution in [0.25, 0.3) is 5.57 Å². The number of rotatable bonds is 8. The highest BCUT2D eigenvalue weighted by Gasteiger charge is 2.33. The predicted molar refractivity (Wildman–Crippen MR) is 132 cm³/mol. The Hall–Kier alpha value is -2.01. The molecule has 0 aromatic heterocycles. The van der Waals surface area contributed by atoms with Crippen molar-refractivity contribution in [2.75, 3.05) is 26.2 Å². The van der Waals surface area contributed by atoms with Crippen LogP contribution >= 0.6 is 24.0 Å². The lowest BCUT2D eigenvalue weighted by Crippen LogP contribution is -2.50. The third-order valence-electron chi connectivity index (χ3n) is 6.46. The summed E-state index contributed by atoms with van der Waals surface area (Å²) in [6.07, 6.45) is 3.01. The number of aliphatic carboxylic acids is 1. The summed E-state index contributed by atoms with van der Waals surface area (Å²) in [5.74, 6) is 0.478. The van der Waals surface area contributed by atoms with E-state index in [1.54, 1.807) is 0 Å². The van der Waals surface area contributed by atoms with Crippen LogP contribution in [0.1, 0.15) is 37.0 Å². The fourth-order valence-corrected chi connectivity index (χ4v) is 4.67. The topological polar surface area (TPSA) is 49.8 Å². The number of nitrogens with zero attached hydrogens (tertiary/aromatic N) is 1. The molecule has 0 saturated carbocycles. The Morgan fingerprint density at radius 1 is 1.19 bits per heavy atom. The summed E-state index contributed by atoms with van der Waals surface area (Å²) < 4.78 is 6.11. The summed E-state index contributed by atoms with van der Waals surface area (Å²) in [5, 5.41) is 9.84. The zero-order valence-corrected chi connectivity index (χ0v) is 20.2. The number of fused-ring (bicyclic) bond motifs is 1. The van der Waals surface area contributed by atoms with Gasteiger partial charge in [-0.1, -0.05) is 42.3 Å². The molecular formula is C26H31Cl2NO3. The maximum atomic E-state index is 11.0. The Kier molecular flexibility index (Phi) is 8.26.